The zero-order valence-corrected chi connectivity index (χ0v) is 18.9. The van der Waals surface area contributed by atoms with Crippen LogP contribution >= 0.6 is 11.6 Å². The maximum atomic E-state index is 13.1. The van der Waals surface area contributed by atoms with Crippen molar-refractivity contribution in [3.63, 3.8) is 0 Å². The SMILES string of the molecule is O=C(Nc1cc(Cl)ccc1Oc1ccccc1)[C@H]1CCCN(S(=O)(=O)c2ccccc2)C1. The number of halogens is 1. The lowest BCUT2D eigenvalue weighted by Crippen LogP contribution is -2.43. The summed E-state index contributed by atoms with van der Waals surface area (Å²) in [5.74, 6) is 0.338. The highest BCUT2D eigenvalue weighted by atomic mass is 35.5. The zero-order valence-electron chi connectivity index (χ0n) is 17.3. The number of nitrogens with zero attached hydrogens (tertiary/aromatic N) is 1. The Bertz CT molecular complexity index is 1190. The number of benzene rings is 3. The Morgan fingerprint density at radius 1 is 1.00 bits per heavy atom. The molecule has 3 aromatic carbocycles. The van der Waals surface area contributed by atoms with Crippen molar-refractivity contribution in [2.45, 2.75) is 17.7 Å². The molecule has 8 heteroatoms. The van der Waals surface area contributed by atoms with E-state index in [-0.39, 0.29) is 17.3 Å². The molecular formula is C24H23ClN2O4S. The quantitative estimate of drug-likeness (QED) is 0.539. The largest absolute Gasteiger partial charge is 0.455 e. The fourth-order valence-electron chi connectivity index (χ4n) is 3.66. The van der Waals surface area contributed by atoms with E-state index in [2.05, 4.69) is 5.32 Å². The van der Waals surface area contributed by atoms with Gasteiger partial charge in [-0.25, -0.2) is 8.42 Å². The van der Waals surface area contributed by atoms with Crippen LogP contribution in [0.1, 0.15) is 12.8 Å². The summed E-state index contributed by atoms with van der Waals surface area (Å²) in [6.45, 7) is 0.513. The summed E-state index contributed by atoms with van der Waals surface area (Å²) in [5.41, 5.74) is 0.439. The molecule has 1 heterocycles. The average molecular weight is 471 g/mol. The molecule has 0 aliphatic carbocycles. The monoisotopic (exact) mass is 470 g/mol. The minimum absolute atomic E-state index is 0.124. The van der Waals surface area contributed by atoms with Gasteiger partial charge >= 0.3 is 0 Å². The van der Waals surface area contributed by atoms with Crippen LogP contribution in [0.3, 0.4) is 0 Å². The Morgan fingerprint density at radius 2 is 1.69 bits per heavy atom. The lowest BCUT2D eigenvalue weighted by Gasteiger charge is -2.31. The van der Waals surface area contributed by atoms with Crippen molar-refractivity contribution in [3.8, 4) is 11.5 Å². The molecule has 3 aromatic rings. The molecule has 1 aliphatic rings. The first-order valence-electron chi connectivity index (χ1n) is 10.3. The van der Waals surface area contributed by atoms with Crippen LogP contribution in [0.25, 0.3) is 0 Å². The number of nitrogens with one attached hydrogen (secondary N) is 1. The number of hydrogen-bond acceptors (Lipinski definition) is 4. The number of amides is 1. The van der Waals surface area contributed by atoms with Gasteiger partial charge in [-0.15, -0.1) is 0 Å². The van der Waals surface area contributed by atoms with Crippen LogP contribution in [0.5, 0.6) is 11.5 Å². The number of para-hydroxylation sites is 1. The zero-order chi connectivity index (χ0) is 22.6. The molecule has 1 aliphatic heterocycles. The Kier molecular flexibility index (Phi) is 6.79. The second kappa shape index (κ2) is 9.73. The Balaban J connectivity index is 1.50. The standard InChI is InChI=1S/C24H23ClN2O4S/c25-19-13-14-23(31-20-9-3-1-4-10-20)22(16-19)26-24(28)18-8-7-15-27(17-18)32(29,30)21-11-5-2-6-12-21/h1-6,9-14,16,18H,7-8,15,17H2,(H,26,28)/t18-/m0/s1. The minimum Gasteiger partial charge on any atom is -0.455 e. The molecule has 0 spiro atoms. The van der Waals surface area contributed by atoms with E-state index in [9.17, 15) is 13.2 Å². The molecule has 166 valence electrons. The molecular weight excluding hydrogens is 448 g/mol. The van der Waals surface area contributed by atoms with Crippen molar-refractivity contribution in [2.75, 3.05) is 18.4 Å². The Morgan fingerprint density at radius 3 is 2.41 bits per heavy atom. The van der Waals surface area contributed by atoms with Gasteiger partial charge in [0.25, 0.3) is 0 Å². The van der Waals surface area contributed by atoms with Gasteiger partial charge in [0, 0.05) is 18.1 Å². The van der Waals surface area contributed by atoms with Gasteiger partial charge in [-0.05, 0) is 55.3 Å². The van der Waals surface area contributed by atoms with Crippen LogP contribution in [0.15, 0.2) is 83.8 Å². The molecule has 0 bridgehead atoms. The van der Waals surface area contributed by atoms with Crippen LogP contribution in [0.4, 0.5) is 5.69 Å². The summed E-state index contributed by atoms with van der Waals surface area (Å²) in [6.07, 6.45) is 1.20. The second-order valence-corrected chi connectivity index (χ2v) is 9.93. The number of hydrogen-bond donors (Lipinski definition) is 1. The highest BCUT2D eigenvalue weighted by molar-refractivity contribution is 7.89. The van der Waals surface area contributed by atoms with Crippen molar-refractivity contribution < 1.29 is 17.9 Å². The molecule has 1 saturated heterocycles. The van der Waals surface area contributed by atoms with Gasteiger partial charge in [0.2, 0.25) is 15.9 Å². The molecule has 0 unspecified atom stereocenters. The van der Waals surface area contributed by atoms with Gasteiger partial charge in [-0.1, -0.05) is 48.0 Å². The molecule has 4 rings (SSSR count). The summed E-state index contributed by atoms with van der Waals surface area (Å²) < 4.78 is 33.2. The van der Waals surface area contributed by atoms with E-state index in [1.54, 1.807) is 48.5 Å². The minimum atomic E-state index is -3.65. The lowest BCUT2D eigenvalue weighted by atomic mass is 9.98. The number of ether oxygens (including phenoxy) is 1. The fraction of sp³-hybridized carbons (Fsp3) is 0.208. The predicted octanol–water partition coefficient (Wildman–Crippen LogP) is 5.17. The molecule has 1 amide bonds. The summed E-state index contributed by atoms with van der Waals surface area (Å²) >= 11 is 6.15. The third kappa shape index (κ3) is 5.12. The Hall–Kier alpha value is -2.87. The van der Waals surface area contributed by atoms with E-state index in [0.29, 0.717) is 41.6 Å². The smallest absolute Gasteiger partial charge is 0.243 e. The highest BCUT2D eigenvalue weighted by Gasteiger charge is 2.33. The third-order valence-corrected chi connectivity index (χ3v) is 7.42. The van der Waals surface area contributed by atoms with Gasteiger partial charge in [-0.3, -0.25) is 4.79 Å². The van der Waals surface area contributed by atoms with E-state index < -0.39 is 15.9 Å². The average Bonchev–Trinajstić information content (AvgIpc) is 2.82. The maximum Gasteiger partial charge on any atom is 0.243 e. The topological polar surface area (TPSA) is 75.7 Å². The summed E-state index contributed by atoms with van der Waals surface area (Å²) in [5, 5.41) is 3.34. The lowest BCUT2D eigenvalue weighted by molar-refractivity contribution is -0.120. The summed E-state index contributed by atoms with van der Waals surface area (Å²) in [4.78, 5) is 13.3. The first-order chi connectivity index (χ1) is 15.4. The fourth-order valence-corrected chi connectivity index (χ4v) is 5.37. The number of carbonyl (C=O) groups is 1. The number of carbonyl (C=O) groups excluding carboxylic acids is 1. The van der Waals surface area contributed by atoms with E-state index in [1.165, 1.54) is 4.31 Å². The Labute approximate surface area is 192 Å². The number of rotatable bonds is 6. The van der Waals surface area contributed by atoms with Crippen molar-refractivity contribution >= 4 is 33.2 Å². The van der Waals surface area contributed by atoms with Gasteiger partial charge in [0.15, 0.2) is 5.75 Å². The predicted molar refractivity (Wildman–Crippen MR) is 125 cm³/mol. The van der Waals surface area contributed by atoms with Gasteiger partial charge < -0.3 is 10.1 Å². The number of piperidine rings is 1. The van der Waals surface area contributed by atoms with E-state index in [1.807, 2.05) is 30.3 Å². The van der Waals surface area contributed by atoms with E-state index in [0.717, 1.165) is 0 Å². The van der Waals surface area contributed by atoms with Gasteiger partial charge in [0.05, 0.1) is 16.5 Å². The molecule has 1 N–H and O–H groups in total. The van der Waals surface area contributed by atoms with Crippen LogP contribution in [0, 0.1) is 5.92 Å². The molecule has 0 aromatic heterocycles. The van der Waals surface area contributed by atoms with Crippen LogP contribution < -0.4 is 10.1 Å². The molecule has 1 fully saturated rings. The van der Waals surface area contributed by atoms with Crippen molar-refractivity contribution in [3.05, 3.63) is 83.9 Å². The number of anilines is 1. The van der Waals surface area contributed by atoms with Crippen LogP contribution in [-0.2, 0) is 14.8 Å². The van der Waals surface area contributed by atoms with Gasteiger partial charge in [0.1, 0.15) is 5.75 Å². The van der Waals surface area contributed by atoms with E-state index in [4.69, 9.17) is 16.3 Å². The summed E-state index contributed by atoms with van der Waals surface area (Å²) in [6, 6.07) is 22.5. The normalized spacial score (nSPS) is 17.0. The second-order valence-electron chi connectivity index (χ2n) is 7.56. The first-order valence-corrected chi connectivity index (χ1v) is 12.1. The van der Waals surface area contributed by atoms with Crippen LogP contribution in [0.2, 0.25) is 5.02 Å². The van der Waals surface area contributed by atoms with Gasteiger partial charge in [-0.2, -0.15) is 4.31 Å². The first kappa shape index (κ1) is 22.3. The third-order valence-electron chi connectivity index (χ3n) is 5.31. The maximum absolute atomic E-state index is 13.1. The summed E-state index contributed by atoms with van der Waals surface area (Å²) in [7, 11) is -3.65. The van der Waals surface area contributed by atoms with Crippen molar-refractivity contribution in [1.82, 2.24) is 4.31 Å². The molecule has 6 nitrogen and oxygen atoms in total. The molecule has 32 heavy (non-hydrogen) atoms. The molecule has 0 radical (unpaired) electrons. The van der Waals surface area contributed by atoms with Crippen LogP contribution in [-0.4, -0.2) is 31.7 Å². The molecule has 1 atom stereocenters. The number of sulfonamides is 1. The highest BCUT2D eigenvalue weighted by Crippen LogP contribution is 2.33. The molecule has 0 saturated carbocycles. The van der Waals surface area contributed by atoms with Crippen molar-refractivity contribution in [1.29, 1.82) is 0 Å². The van der Waals surface area contributed by atoms with Crippen molar-refractivity contribution in [2.24, 2.45) is 5.92 Å². The van der Waals surface area contributed by atoms with E-state index >= 15 is 0 Å².